The number of hydrogen-bond donors (Lipinski definition) is 3. The number of amides is 1. The van der Waals surface area contributed by atoms with E-state index in [1.165, 1.54) is 16.2 Å². The van der Waals surface area contributed by atoms with Crippen molar-refractivity contribution >= 4 is 22.4 Å². The molecule has 3 fully saturated rings. The minimum Gasteiger partial charge on any atom is -0.384 e. The molecule has 1 unspecified atom stereocenters. The van der Waals surface area contributed by atoms with Crippen LogP contribution in [0.15, 0.2) is 17.8 Å². The van der Waals surface area contributed by atoms with E-state index in [1.807, 2.05) is 16.3 Å². The highest BCUT2D eigenvalue weighted by molar-refractivity contribution is 7.13. The highest BCUT2D eigenvalue weighted by atomic mass is 32.1. The molecule has 3 aliphatic heterocycles. The lowest BCUT2D eigenvalue weighted by atomic mass is 9.75. The number of carbonyl (C=O) groups excluding carboxylic acids is 1. The van der Waals surface area contributed by atoms with Crippen LogP contribution >= 0.6 is 11.3 Å². The van der Waals surface area contributed by atoms with Gasteiger partial charge in [0, 0.05) is 24.4 Å². The Hall–Kier alpha value is -1.84. The van der Waals surface area contributed by atoms with Crippen LogP contribution in [0.4, 0.5) is 5.13 Å². The number of rotatable bonds is 5. The molecule has 5 heterocycles. The molecule has 140 valence electrons. The topological polar surface area (TPSA) is 97.4 Å². The second-order valence-corrected chi connectivity index (χ2v) is 8.81. The molecule has 8 nitrogen and oxygen atoms in total. The largest absolute Gasteiger partial charge is 0.384 e. The van der Waals surface area contributed by atoms with Gasteiger partial charge in [-0.1, -0.05) is 5.21 Å². The number of anilines is 1. The van der Waals surface area contributed by atoms with Gasteiger partial charge >= 0.3 is 0 Å². The Morgan fingerprint density at radius 2 is 2.38 bits per heavy atom. The van der Waals surface area contributed by atoms with Crippen molar-refractivity contribution in [3.8, 4) is 0 Å². The fourth-order valence-corrected chi connectivity index (χ4v) is 4.73. The molecule has 3 N–H and O–H groups in total. The van der Waals surface area contributed by atoms with Gasteiger partial charge in [0.25, 0.3) is 0 Å². The number of aromatic nitrogens is 4. The molecule has 2 aromatic rings. The average Bonchev–Trinajstić information content (AvgIpc) is 3.27. The number of carbonyl (C=O) groups is 1. The van der Waals surface area contributed by atoms with Gasteiger partial charge in [0.2, 0.25) is 5.91 Å². The summed E-state index contributed by atoms with van der Waals surface area (Å²) in [5.41, 5.74) is -0.389. The van der Waals surface area contributed by atoms with Gasteiger partial charge in [0.15, 0.2) is 5.13 Å². The van der Waals surface area contributed by atoms with E-state index in [0.717, 1.165) is 32.5 Å². The maximum Gasteiger partial charge on any atom is 0.235 e. The predicted molar refractivity (Wildman–Crippen MR) is 96.7 cm³/mol. The number of aliphatic hydroxyl groups is 1. The van der Waals surface area contributed by atoms with Crippen molar-refractivity contribution in [1.82, 2.24) is 20.0 Å². The zero-order chi connectivity index (χ0) is 18.3. The molecule has 4 atom stereocenters. The summed E-state index contributed by atoms with van der Waals surface area (Å²) in [6.45, 7) is 6.16. The summed E-state index contributed by atoms with van der Waals surface area (Å²) in [7, 11) is 0. The van der Waals surface area contributed by atoms with E-state index < -0.39 is 5.60 Å². The fourth-order valence-electron chi connectivity index (χ4n) is 4.20. The number of piperidine rings is 3. The highest BCUT2D eigenvalue weighted by Crippen LogP contribution is 2.29. The monoisotopic (exact) mass is 377 g/mol. The highest BCUT2D eigenvalue weighted by Gasteiger charge is 2.46. The van der Waals surface area contributed by atoms with Gasteiger partial charge in [-0.05, 0) is 19.8 Å². The second kappa shape index (κ2) is 6.71. The Kier molecular flexibility index (Phi) is 4.54. The molecule has 2 bridgehead atoms. The standard InChI is InChI=1S/C17H24N6O2S/c1-17(2,25)14-10-23(21-20-14)8-12-7-11-3-5-22(12)9-13(11)15(24)19-16-18-4-6-26-16/h4,6,10-13,25H,3,5,7-9H2,1-2H3,(H,18,19,24)/p+1/t11-,12-,13+/m1/s1. The first kappa shape index (κ1) is 17.6. The Bertz CT molecular complexity index is 769. The van der Waals surface area contributed by atoms with Crippen LogP contribution in [-0.2, 0) is 16.9 Å². The van der Waals surface area contributed by atoms with Gasteiger partial charge in [-0.3, -0.25) is 4.79 Å². The summed E-state index contributed by atoms with van der Waals surface area (Å²) in [5.74, 6) is 0.571. The van der Waals surface area contributed by atoms with E-state index in [4.69, 9.17) is 0 Å². The first-order valence-electron chi connectivity index (χ1n) is 9.08. The third kappa shape index (κ3) is 3.51. The molecule has 2 aromatic heterocycles. The number of quaternary nitrogens is 1. The number of nitrogens with one attached hydrogen (secondary N) is 2. The van der Waals surface area contributed by atoms with E-state index in [0.29, 0.717) is 22.8 Å². The van der Waals surface area contributed by atoms with E-state index in [-0.39, 0.29) is 11.8 Å². The predicted octanol–water partition coefficient (Wildman–Crippen LogP) is -0.106. The van der Waals surface area contributed by atoms with E-state index in [2.05, 4.69) is 20.6 Å². The molecule has 0 aromatic carbocycles. The Balaban J connectivity index is 1.39. The van der Waals surface area contributed by atoms with Gasteiger partial charge in [-0.15, -0.1) is 16.4 Å². The summed E-state index contributed by atoms with van der Waals surface area (Å²) < 4.78 is 1.83. The molecule has 3 aliphatic rings. The summed E-state index contributed by atoms with van der Waals surface area (Å²) in [6, 6.07) is 0.439. The molecule has 0 aliphatic carbocycles. The maximum atomic E-state index is 12.6. The van der Waals surface area contributed by atoms with E-state index >= 15 is 0 Å². The second-order valence-electron chi connectivity index (χ2n) is 7.91. The summed E-state index contributed by atoms with van der Waals surface area (Å²) >= 11 is 1.45. The Morgan fingerprint density at radius 3 is 3.00 bits per heavy atom. The molecule has 3 saturated heterocycles. The first-order chi connectivity index (χ1) is 12.4. The van der Waals surface area contributed by atoms with Crippen molar-refractivity contribution in [3.63, 3.8) is 0 Å². The normalized spacial score (nSPS) is 28.3. The van der Waals surface area contributed by atoms with E-state index in [9.17, 15) is 9.90 Å². The molecule has 0 spiro atoms. The van der Waals surface area contributed by atoms with Crippen LogP contribution in [0.25, 0.3) is 0 Å². The minimum atomic E-state index is -0.976. The molecule has 26 heavy (non-hydrogen) atoms. The fraction of sp³-hybridized carbons (Fsp3) is 0.647. The van der Waals surface area contributed by atoms with Crippen molar-refractivity contribution in [1.29, 1.82) is 0 Å². The first-order valence-corrected chi connectivity index (χ1v) is 9.96. The van der Waals surface area contributed by atoms with E-state index in [1.54, 1.807) is 20.0 Å². The summed E-state index contributed by atoms with van der Waals surface area (Å²) in [5, 5.41) is 23.8. The molecule has 5 rings (SSSR count). The van der Waals surface area contributed by atoms with Crippen molar-refractivity contribution < 1.29 is 14.8 Å². The molecule has 9 heteroatoms. The van der Waals surface area contributed by atoms with Crippen LogP contribution in [0.1, 0.15) is 32.4 Å². The van der Waals surface area contributed by atoms with Gasteiger partial charge < -0.3 is 15.3 Å². The third-order valence-electron chi connectivity index (χ3n) is 5.62. The van der Waals surface area contributed by atoms with Crippen molar-refractivity contribution in [2.75, 3.05) is 18.4 Å². The lowest BCUT2D eigenvalue weighted by Crippen LogP contribution is -3.20. The molecule has 1 amide bonds. The van der Waals surface area contributed by atoms with Crippen LogP contribution in [0, 0.1) is 11.8 Å². The summed E-state index contributed by atoms with van der Waals surface area (Å²) in [4.78, 5) is 18.2. The Morgan fingerprint density at radius 1 is 1.54 bits per heavy atom. The number of nitrogens with zero attached hydrogens (tertiary/aromatic N) is 4. The number of fused-ring (bicyclic) bond motifs is 3. The molecule has 0 radical (unpaired) electrons. The van der Waals surface area contributed by atoms with Crippen LogP contribution < -0.4 is 10.2 Å². The molecular formula is C17H25N6O2S+. The SMILES string of the molecule is CC(C)(O)c1cn(C[C@H]2C[C@H]3CC[NH+]2C[C@@H]3C(=O)Nc2nccs2)nn1. The number of thiazole rings is 1. The van der Waals surface area contributed by atoms with Crippen LogP contribution in [0.2, 0.25) is 0 Å². The van der Waals surface area contributed by atoms with Gasteiger partial charge in [0.05, 0.1) is 31.7 Å². The zero-order valence-electron chi connectivity index (χ0n) is 15.1. The zero-order valence-corrected chi connectivity index (χ0v) is 15.9. The van der Waals surface area contributed by atoms with Crippen LogP contribution in [0.5, 0.6) is 0 Å². The third-order valence-corrected chi connectivity index (χ3v) is 6.31. The maximum absolute atomic E-state index is 12.6. The lowest BCUT2D eigenvalue weighted by Gasteiger charge is -2.46. The van der Waals surface area contributed by atoms with Crippen molar-refractivity contribution in [2.24, 2.45) is 11.8 Å². The quantitative estimate of drug-likeness (QED) is 0.676. The smallest absolute Gasteiger partial charge is 0.235 e. The molecular weight excluding hydrogens is 352 g/mol. The van der Waals surface area contributed by atoms with Gasteiger partial charge in [-0.2, -0.15) is 0 Å². The Labute approximate surface area is 156 Å². The number of hydrogen-bond acceptors (Lipinski definition) is 6. The van der Waals surface area contributed by atoms with Gasteiger partial charge in [-0.25, -0.2) is 9.67 Å². The average molecular weight is 377 g/mol. The van der Waals surface area contributed by atoms with Crippen LogP contribution in [0.3, 0.4) is 0 Å². The lowest BCUT2D eigenvalue weighted by molar-refractivity contribution is -0.945. The van der Waals surface area contributed by atoms with Gasteiger partial charge in [0.1, 0.15) is 17.3 Å². The molecule has 0 saturated carbocycles. The van der Waals surface area contributed by atoms with Crippen LogP contribution in [-0.4, -0.2) is 50.1 Å². The van der Waals surface area contributed by atoms with Crippen molar-refractivity contribution in [2.45, 2.75) is 44.9 Å². The minimum absolute atomic E-state index is 0.0570. The van der Waals surface area contributed by atoms with Crippen molar-refractivity contribution in [3.05, 3.63) is 23.5 Å². The summed E-state index contributed by atoms with van der Waals surface area (Å²) in [6.07, 6.45) is 5.64.